The second-order valence-corrected chi connectivity index (χ2v) is 5.19. The molecule has 0 bridgehead atoms. The van der Waals surface area contributed by atoms with Crippen LogP contribution < -0.4 is 0 Å². The third-order valence-electron chi connectivity index (χ3n) is 3.34. The zero-order valence-corrected chi connectivity index (χ0v) is 10.2. The maximum Gasteiger partial charge on any atom is 0.162 e. The maximum atomic E-state index is 11.7. The Morgan fingerprint density at radius 3 is 2.40 bits per heavy atom. The van der Waals surface area contributed by atoms with Crippen molar-refractivity contribution in [2.75, 3.05) is 0 Å². The fourth-order valence-corrected chi connectivity index (χ4v) is 2.11. The molecule has 0 aromatic rings. The van der Waals surface area contributed by atoms with Crippen molar-refractivity contribution in [3.63, 3.8) is 0 Å². The first-order valence-corrected chi connectivity index (χ1v) is 5.88. The molecule has 0 aromatic heterocycles. The third-order valence-corrected chi connectivity index (χ3v) is 3.34. The van der Waals surface area contributed by atoms with Crippen LogP contribution in [0.2, 0.25) is 0 Å². The fourth-order valence-electron chi connectivity index (χ4n) is 2.11. The molecule has 0 aliphatic heterocycles. The summed E-state index contributed by atoms with van der Waals surface area (Å²) in [4.78, 5) is 11.7. The predicted octanol–water partition coefficient (Wildman–Crippen LogP) is 3.48. The van der Waals surface area contributed by atoms with Crippen LogP contribution >= 0.6 is 0 Å². The SMILES string of the molecule is CC(C)/C(O)=C1\CC(C(C)C)CCC1=O. The van der Waals surface area contributed by atoms with E-state index in [-0.39, 0.29) is 11.7 Å². The zero-order chi connectivity index (χ0) is 11.6. The van der Waals surface area contributed by atoms with Gasteiger partial charge in [0.15, 0.2) is 5.78 Å². The second-order valence-electron chi connectivity index (χ2n) is 5.19. The van der Waals surface area contributed by atoms with E-state index in [1.807, 2.05) is 13.8 Å². The van der Waals surface area contributed by atoms with Crippen LogP contribution in [0.4, 0.5) is 0 Å². The smallest absolute Gasteiger partial charge is 0.162 e. The monoisotopic (exact) mass is 210 g/mol. The fraction of sp³-hybridized carbons (Fsp3) is 0.769. The van der Waals surface area contributed by atoms with Gasteiger partial charge in [-0.3, -0.25) is 4.79 Å². The minimum absolute atomic E-state index is 0.0647. The average Bonchev–Trinajstić information content (AvgIpc) is 2.16. The molecule has 1 atom stereocenters. The Bertz CT molecular complexity index is 274. The lowest BCUT2D eigenvalue weighted by atomic mass is 9.77. The Labute approximate surface area is 92.4 Å². The average molecular weight is 210 g/mol. The summed E-state index contributed by atoms with van der Waals surface area (Å²) in [6, 6.07) is 0. The molecule has 0 heterocycles. The van der Waals surface area contributed by atoms with E-state index in [2.05, 4.69) is 13.8 Å². The number of carbonyl (C=O) groups is 1. The number of carbonyl (C=O) groups excluding carboxylic acids is 1. The maximum absolute atomic E-state index is 11.7. The second kappa shape index (κ2) is 4.82. The summed E-state index contributed by atoms with van der Waals surface area (Å²) in [7, 11) is 0. The molecule has 1 aliphatic rings. The van der Waals surface area contributed by atoms with Crippen LogP contribution in [0.5, 0.6) is 0 Å². The highest BCUT2D eigenvalue weighted by Crippen LogP contribution is 2.33. The molecule has 0 amide bonds. The number of Topliss-reactive ketones (excluding diaryl/α,β-unsaturated/α-hetero) is 1. The van der Waals surface area contributed by atoms with Gasteiger partial charge in [-0.15, -0.1) is 0 Å². The molecule has 2 nitrogen and oxygen atoms in total. The van der Waals surface area contributed by atoms with Gasteiger partial charge in [0.1, 0.15) is 5.76 Å². The number of aliphatic hydroxyl groups excluding tert-OH is 1. The molecule has 2 heteroatoms. The van der Waals surface area contributed by atoms with Gasteiger partial charge in [-0.2, -0.15) is 0 Å². The third kappa shape index (κ3) is 2.83. The van der Waals surface area contributed by atoms with Crippen molar-refractivity contribution in [3.05, 3.63) is 11.3 Å². The van der Waals surface area contributed by atoms with Crippen LogP contribution in [-0.4, -0.2) is 10.9 Å². The lowest BCUT2D eigenvalue weighted by Crippen LogP contribution is -2.23. The normalized spacial score (nSPS) is 26.3. The topological polar surface area (TPSA) is 37.3 Å². The molecule has 0 radical (unpaired) electrons. The summed E-state index contributed by atoms with van der Waals surface area (Å²) < 4.78 is 0. The van der Waals surface area contributed by atoms with Crippen LogP contribution in [0.25, 0.3) is 0 Å². The summed E-state index contributed by atoms with van der Waals surface area (Å²) in [6.07, 6.45) is 2.35. The first kappa shape index (κ1) is 12.3. The van der Waals surface area contributed by atoms with Crippen molar-refractivity contribution < 1.29 is 9.90 Å². The minimum atomic E-state index is 0.0647. The summed E-state index contributed by atoms with van der Waals surface area (Å²) in [5, 5.41) is 9.88. The standard InChI is InChI=1S/C13H22O2/c1-8(2)10-5-6-12(14)11(7-10)13(15)9(3)4/h8-10,15H,5-7H2,1-4H3/b13-11-. The van der Waals surface area contributed by atoms with Crippen LogP contribution in [0.1, 0.15) is 47.0 Å². The molecule has 0 aromatic carbocycles. The number of aliphatic hydroxyl groups is 1. The Balaban J connectivity index is 2.87. The molecular formula is C13H22O2. The molecule has 1 unspecified atom stereocenters. The van der Waals surface area contributed by atoms with Crippen molar-refractivity contribution in [2.24, 2.45) is 17.8 Å². The van der Waals surface area contributed by atoms with E-state index in [1.165, 1.54) is 0 Å². The van der Waals surface area contributed by atoms with Crippen molar-refractivity contribution in [2.45, 2.75) is 47.0 Å². The minimum Gasteiger partial charge on any atom is -0.512 e. The van der Waals surface area contributed by atoms with Gasteiger partial charge in [-0.1, -0.05) is 27.7 Å². The molecular weight excluding hydrogens is 188 g/mol. The summed E-state index contributed by atoms with van der Waals surface area (Å²) in [5.41, 5.74) is 0.690. The van der Waals surface area contributed by atoms with E-state index >= 15 is 0 Å². The molecule has 0 saturated heterocycles. The lowest BCUT2D eigenvalue weighted by Gasteiger charge is -2.27. The molecule has 1 fully saturated rings. The van der Waals surface area contributed by atoms with E-state index in [9.17, 15) is 9.90 Å². The Kier molecular flexibility index (Phi) is 3.95. The van der Waals surface area contributed by atoms with Crippen molar-refractivity contribution in [1.29, 1.82) is 0 Å². The summed E-state index contributed by atoms with van der Waals surface area (Å²) in [5.74, 6) is 1.67. The van der Waals surface area contributed by atoms with Crippen molar-refractivity contribution in [1.82, 2.24) is 0 Å². The van der Waals surface area contributed by atoms with Gasteiger partial charge in [0.05, 0.1) is 0 Å². The van der Waals surface area contributed by atoms with E-state index in [0.29, 0.717) is 29.6 Å². The first-order chi connectivity index (χ1) is 6.93. The highest BCUT2D eigenvalue weighted by Gasteiger charge is 2.28. The van der Waals surface area contributed by atoms with Crippen LogP contribution in [0.15, 0.2) is 11.3 Å². The van der Waals surface area contributed by atoms with Gasteiger partial charge >= 0.3 is 0 Å². The van der Waals surface area contributed by atoms with Gasteiger partial charge < -0.3 is 5.11 Å². The Morgan fingerprint density at radius 1 is 1.33 bits per heavy atom. The molecule has 1 saturated carbocycles. The van der Waals surface area contributed by atoms with Crippen LogP contribution in [0, 0.1) is 17.8 Å². The van der Waals surface area contributed by atoms with Crippen molar-refractivity contribution in [3.8, 4) is 0 Å². The Morgan fingerprint density at radius 2 is 1.93 bits per heavy atom. The molecule has 15 heavy (non-hydrogen) atoms. The molecule has 86 valence electrons. The summed E-state index contributed by atoms with van der Waals surface area (Å²) >= 11 is 0. The van der Waals surface area contributed by atoms with Gasteiger partial charge in [-0.25, -0.2) is 0 Å². The number of ketones is 1. The largest absolute Gasteiger partial charge is 0.512 e. The molecule has 1 aliphatic carbocycles. The van der Waals surface area contributed by atoms with E-state index in [4.69, 9.17) is 0 Å². The zero-order valence-electron chi connectivity index (χ0n) is 10.2. The van der Waals surface area contributed by atoms with Crippen LogP contribution in [0.3, 0.4) is 0 Å². The molecule has 0 spiro atoms. The number of hydrogen-bond acceptors (Lipinski definition) is 2. The highest BCUT2D eigenvalue weighted by atomic mass is 16.3. The quantitative estimate of drug-likeness (QED) is 0.559. The molecule has 1 rings (SSSR count). The van der Waals surface area contributed by atoms with Crippen LogP contribution in [-0.2, 0) is 4.79 Å². The van der Waals surface area contributed by atoms with E-state index in [1.54, 1.807) is 0 Å². The predicted molar refractivity (Wildman–Crippen MR) is 61.7 cm³/mol. The highest BCUT2D eigenvalue weighted by molar-refractivity contribution is 5.96. The number of rotatable bonds is 2. The van der Waals surface area contributed by atoms with Crippen molar-refractivity contribution >= 4 is 5.78 Å². The number of hydrogen-bond donors (Lipinski definition) is 1. The summed E-state index contributed by atoms with van der Waals surface area (Å²) in [6.45, 7) is 8.22. The Hall–Kier alpha value is -0.790. The lowest BCUT2D eigenvalue weighted by molar-refractivity contribution is -0.117. The van der Waals surface area contributed by atoms with E-state index < -0.39 is 0 Å². The van der Waals surface area contributed by atoms with E-state index in [0.717, 1.165) is 12.8 Å². The van der Waals surface area contributed by atoms with Gasteiger partial charge in [0.25, 0.3) is 0 Å². The number of allylic oxidation sites excluding steroid dienone is 2. The molecule has 1 N–H and O–H groups in total. The van der Waals surface area contributed by atoms with Gasteiger partial charge in [0.2, 0.25) is 0 Å². The first-order valence-electron chi connectivity index (χ1n) is 5.88. The van der Waals surface area contributed by atoms with Gasteiger partial charge in [-0.05, 0) is 24.7 Å². The van der Waals surface area contributed by atoms with Gasteiger partial charge in [0, 0.05) is 17.9 Å².